The Morgan fingerprint density at radius 1 is 1.41 bits per heavy atom. The zero-order valence-corrected chi connectivity index (χ0v) is 14.0. The van der Waals surface area contributed by atoms with Crippen LogP contribution in [0, 0.1) is 5.82 Å². The lowest BCUT2D eigenvalue weighted by molar-refractivity contribution is 0.251. The number of sulfonamides is 1. The first-order valence-electron chi connectivity index (χ1n) is 6.69. The molecule has 22 heavy (non-hydrogen) atoms. The molecule has 0 bridgehead atoms. The molecule has 0 saturated carbocycles. The van der Waals surface area contributed by atoms with Crippen LogP contribution in [0.2, 0.25) is 5.02 Å². The van der Waals surface area contributed by atoms with Crippen molar-refractivity contribution in [1.29, 1.82) is 0 Å². The lowest BCUT2D eigenvalue weighted by Gasteiger charge is -2.17. The maximum Gasteiger partial charge on any atom is 0.319 e. The number of benzene rings is 1. The normalized spacial score (nSPS) is 11.5. The molecule has 0 aliphatic carbocycles. The van der Waals surface area contributed by atoms with Gasteiger partial charge in [0.2, 0.25) is 10.0 Å². The third-order valence-electron chi connectivity index (χ3n) is 2.89. The molecule has 1 aromatic carbocycles. The number of carbonyl (C=O) groups is 1. The molecule has 0 aromatic heterocycles. The summed E-state index contributed by atoms with van der Waals surface area (Å²) in [7, 11) is -3.23. The van der Waals surface area contributed by atoms with E-state index in [1.54, 1.807) is 6.92 Å². The minimum Gasteiger partial charge on any atom is -0.338 e. The Hall–Kier alpha value is -1.38. The Labute approximate surface area is 134 Å². The molecule has 2 amide bonds. The summed E-state index contributed by atoms with van der Waals surface area (Å²) in [4.78, 5) is 11.6. The van der Waals surface area contributed by atoms with Gasteiger partial charge in [0.05, 0.1) is 17.0 Å². The Bertz CT molecular complexity index is 625. The molecule has 0 radical (unpaired) electrons. The number of carbonyl (C=O) groups excluding carboxylic acids is 1. The van der Waals surface area contributed by atoms with E-state index < -0.39 is 21.9 Å². The maximum atomic E-state index is 13.6. The van der Waals surface area contributed by atoms with Crippen LogP contribution in [0.25, 0.3) is 0 Å². The van der Waals surface area contributed by atoms with E-state index in [1.165, 1.54) is 22.5 Å². The maximum absolute atomic E-state index is 13.6. The molecule has 0 aliphatic heterocycles. The highest BCUT2D eigenvalue weighted by Crippen LogP contribution is 2.21. The summed E-state index contributed by atoms with van der Waals surface area (Å²) in [6, 6.07) is 3.71. The second-order valence-electron chi connectivity index (χ2n) is 4.59. The van der Waals surface area contributed by atoms with Gasteiger partial charge in [0.1, 0.15) is 0 Å². The van der Waals surface area contributed by atoms with Crippen molar-refractivity contribution in [3.63, 3.8) is 0 Å². The predicted octanol–water partition coefficient (Wildman–Crippen LogP) is 2.27. The van der Waals surface area contributed by atoms with Crippen molar-refractivity contribution in [2.45, 2.75) is 13.3 Å². The molecule has 6 nitrogen and oxygen atoms in total. The van der Waals surface area contributed by atoms with Crippen LogP contribution in [-0.4, -0.2) is 44.6 Å². The fourth-order valence-corrected chi connectivity index (χ4v) is 2.89. The largest absolute Gasteiger partial charge is 0.338 e. The highest BCUT2D eigenvalue weighted by Gasteiger charge is 2.13. The van der Waals surface area contributed by atoms with E-state index in [0.717, 1.165) is 6.26 Å². The van der Waals surface area contributed by atoms with Gasteiger partial charge in [0.25, 0.3) is 0 Å². The lowest BCUT2D eigenvalue weighted by Crippen LogP contribution is -2.35. The van der Waals surface area contributed by atoms with Gasteiger partial charge in [-0.2, -0.15) is 0 Å². The number of hydrogen-bond acceptors (Lipinski definition) is 3. The summed E-state index contributed by atoms with van der Waals surface area (Å²) >= 11 is 5.61. The number of rotatable bonds is 7. The van der Waals surface area contributed by atoms with Gasteiger partial charge in [-0.05, 0) is 18.6 Å². The summed E-state index contributed by atoms with van der Waals surface area (Å²) in [5.74, 6) is -0.700. The van der Waals surface area contributed by atoms with Crippen LogP contribution in [0.5, 0.6) is 0 Å². The third kappa shape index (κ3) is 5.78. The van der Waals surface area contributed by atoms with Crippen LogP contribution in [0.15, 0.2) is 18.2 Å². The minimum atomic E-state index is -3.23. The van der Waals surface area contributed by atoms with Gasteiger partial charge in [-0.25, -0.2) is 21.9 Å². The van der Waals surface area contributed by atoms with Crippen molar-refractivity contribution in [1.82, 2.24) is 9.62 Å². The monoisotopic (exact) mass is 351 g/mol. The Kier molecular flexibility index (Phi) is 7.05. The van der Waals surface area contributed by atoms with Crippen LogP contribution in [0.1, 0.15) is 13.3 Å². The summed E-state index contributed by atoms with van der Waals surface area (Å²) in [6.07, 6.45) is 1.59. The zero-order valence-electron chi connectivity index (χ0n) is 12.4. The van der Waals surface area contributed by atoms with E-state index in [0.29, 0.717) is 19.5 Å². The predicted molar refractivity (Wildman–Crippen MR) is 85.1 cm³/mol. The summed E-state index contributed by atoms with van der Waals surface area (Å²) < 4.78 is 37.6. The molecule has 0 heterocycles. The van der Waals surface area contributed by atoms with Crippen LogP contribution >= 0.6 is 11.6 Å². The number of urea groups is 1. The Balaban J connectivity index is 2.40. The number of nitrogens with zero attached hydrogens (tertiary/aromatic N) is 1. The SMILES string of the molecule is CCN(CCCNC(=O)Nc1cccc(Cl)c1F)S(C)(=O)=O. The van der Waals surface area contributed by atoms with Crippen LogP contribution in [-0.2, 0) is 10.0 Å². The molecular formula is C13H19ClFN3O3S. The number of amides is 2. The van der Waals surface area contributed by atoms with Gasteiger partial charge in [-0.15, -0.1) is 0 Å². The van der Waals surface area contributed by atoms with E-state index in [2.05, 4.69) is 10.6 Å². The van der Waals surface area contributed by atoms with E-state index >= 15 is 0 Å². The Morgan fingerprint density at radius 3 is 2.68 bits per heavy atom. The van der Waals surface area contributed by atoms with Gasteiger partial charge in [0.15, 0.2) is 5.82 Å². The first-order valence-corrected chi connectivity index (χ1v) is 8.92. The van der Waals surface area contributed by atoms with Gasteiger partial charge in [-0.3, -0.25) is 0 Å². The quantitative estimate of drug-likeness (QED) is 0.740. The van der Waals surface area contributed by atoms with E-state index in [9.17, 15) is 17.6 Å². The molecule has 0 atom stereocenters. The van der Waals surface area contributed by atoms with Crippen molar-refractivity contribution in [2.24, 2.45) is 0 Å². The van der Waals surface area contributed by atoms with Crippen LogP contribution < -0.4 is 10.6 Å². The summed E-state index contributed by atoms with van der Waals surface area (Å²) in [5.41, 5.74) is -0.0173. The van der Waals surface area contributed by atoms with E-state index in [-0.39, 0.29) is 17.3 Å². The van der Waals surface area contributed by atoms with Crippen molar-refractivity contribution in [3.05, 3.63) is 29.0 Å². The van der Waals surface area contributed by atoms with Crippen molar-refractivity contribution in [3.8, 4) is 0 Å². The molecule has 9 heteroatoms. The highest BCUT2D eigenvalue weighted by atomic mass is 35.5. The van der Waals surface area contributed by atoms with Gasteiger partial charge >= 0.3 is 6.03 Å². The molecule has 1 aromatic rings. The standard InChI is InChI=1S/C13H19ClFN3O3S/c1-3-18(22(2,20)21)9-5-8-16-13(19)17-11-7-4-6-10(14)12(11)15/h4,6-7H,3,5,8-9H2,1-2H3,(H2,16,17,19). The van der Waals surface area contributed by atoms with Crippen molar-refractivity contribution < 1.29 is 17.6 Å². The number of halogens is 2. The first-order chi connectivity index (χ1) is 10.3. The van der Waals surface area contributed by atoms with Gasteiger partial charge in [0, 0.05) is 19.6 Å². The van der Waals surface area contributed by atoms with E-state index in [4.69, 9.17) is 11.6 Å². The molecular weight excluding hydrogens is 333 g/mol. The fourth-order valence-electron chi connectivity index (χ4n) is 1.78. The molecule has 0 fully saturated rings. The summed E-state index contributed by atoms with van der Waals surface area (Å²) in [5, 5.41) is 4.79. The van der Waals surface area contributed by atoms with Crippen LogP contribution in [0.3, 0.4) is 0 Å². The minimum absolute atomic E-state index is 0.0173. The molecule has 2 N–H and O–H groups in total. The second kappa shape index (κ2) is 8.30. The molecule has 124 valence electrons. The smallest absolute Gasteiger partial charge is 0.319 e. The topological polar surface area (TPSA) is 78.5 Å². The summed E-state index contributed by atoms with van der Waals surface area (Å²) in [6.45, 7) is 2.68. The first kappa shape index (κ1) is 18.7. The van der Waals surface area contributed by atoms with Crippen molar-refractivity contribution >= 4 is 33.3 Å². The highest BCUT2D eigenvalue weighted by molar-refractivity contribution is 7.88. The van der Waals surface area contributed by atoms with Gasteiger partial charge in [-0.1, -0.05) is 24.6 Å². The van der Waals surface area contributed by atoms with E-state index in [1.807, 2.05) is 0 Å². The number of nitrogens with one attached hydrogen (secondary N) is 2. The zero-order chi connectivity index (χ0) is 16.8. The Morgan fingerprint density at radius 2 is 2.09 bits per heavy atom. The lowest BCUT2D eigenvalue weighted by atomic mass is 10.3. The van der Waals surface area contributed by atoms with Gasteiger partial charge < -0.3 is 10.6 Å². The second-order valence-corrected chi connectivity index (χ2v) is 6.98. The average Bonchev–Trinajstić information content (AvgIpc) is 2.42. The van der Waals surface area contributed by atoms with Crippen LogP contribution in [0.4, 0.5) is 14.9 Å². The molecule has 0 aliphatic rings. The molecule has 0 unspecified atom stereocenters. The number of anilines is 1. The molecule has 1 rings (SSSR count). The third-order valence-corrected chi connectivity index (χ3v) is 4.56. The molecule has 0 saturated heterocycles. The molecule has 0 spiro atoms. The average molecular weight is 352 g/mol. The number of hydrogen-bond donors (Lipinski definition) is 2. The van der Waals surface area contributed by atoms with Crippen molar-refractivity contribution in [2.75, 3.05) is 31.2 Å². The fraction of sp³-hybridized carbons (Fsp3) is 0.462.